The van der Waals surface area contributed by atoms with Crippen LogP contribution in [-0.4, -0.2) is 37.3 Å². The summed E-state index contributed by atoms with van der Waals surface area (Å²) in [5.41, 5.74) is 1.77. The van der Waals surface area contributed by atoms with Crippen molar-refractivity contribution in [3.63, 3.8) is 0 Å². The van der Waals surface area contributed by atoms with E-state index in [2.05, 4.69) is 10.2 Å². The van der Waals surface area contributed by atoms with Crippen molar-refractivity contribution < 1.29 is 9.50 Å². The zero-order chi connectivity index (χ0) is 12.7. The van der Waals surface area contributed by atoms with Crippen LogP contribution in [0.5, 0.6) is 0 Å². The first kappa shape index (κ1) is 13.9. The lowest BCUT2D eigenvalue weighted by molar-refractivity contribution is 0.325. The second kappa shape index (κ2) is 7.25. The van der Waals surface area contributed by atoms with E-state index in [4.69, 9.17) is 5.11 Å². The van der Waals surface area contributed by atoms with Gasteiger partial charge in [0.05, 0.1) is 0 Å². The summed E-state index contributed by atoms with van der Waals surface area (Å²) in [4.78, 5) is 2.30. The van der Waals surface area contributed by atoms with Gasteiger partial charge in [-0.05, 0) is 44.1 Å². The molecule has 0 aliphatic carbocycles. The highest BCUT2D eigenvalue weighted by Crippen LogP contribution is 2.18. The van der Waals surface area contributed by atoms with Crippen LogP contribution in [0.3, 0.4) is 0 Å². The van der Waals surface area contributed by atoms with E-state index in [1.807, 2.05) is 13.1 Å². The molecule has 17 heavy (non-hydrogen) atoms. The zero-order valence-corrected chi connectivity index (χ0v) is 10.5. The van der Waals surface area contributed by atoms with Crippen molar-refractivity contribution in [3.8, 4) is 0 Å². The minimum absolute atomic E-state index is 0.0964. The van der Waals surface area contributed by atoms with Crippen LogP contribution in [0.1, 0.15) is 18.4 Å². The molecule has 0 atom stereocenters. The quantitative estimate of drug-likeness (QED) is 0.849. The number of rotatable bonds is 3. The number of aliphatic hydroxyl groups is 1. The van der Waals surface area contributed by atoms with E-state index in [9.17, 15) is 4.39 Å². The molecule has 0 saturated carbocycles. The number of nitrogens with zero attached hydrogens (tertiary/aromatic N) is 1. The Morgan fingerprint density at radius 1 is 1.29 bits per heavy atom. The van der Waals surface area contributed by atoms with Crippen LogP contribution in [0.4, 0.5) is 10.1 Å². The van der Waals surface area contributed by atoms with Crippen molar-refractivity contribution in [1.29, 1.82) is 0 Å². The van der Waals surface area contributed by atoms with Crippen LogP contribution in [0, 0.1) is 5.82 Å². The maximum absolute atomic E-state index is 13.5. The first-order valence-electron chi connectivity index (χ1n) is 5.93. The molecule has 1 aliphatic heterocycles. The topological polar surface area (TPSA) is 35.5 Å². The van der Waals surface area contributed by atoms with Crippen LogP contribution in [0.15, 0.2) is 18.2 Å². The van der Waals surface area contributed by atoms with Crippen molar-refractivity contribution in [2.45, 2.75) is 19.4 Å². The fraction of sp³-hybridized carbons (Fsp3) is 0.538. The van der Waals surface area contributed by atoms with Crippen LogP contribution in [0.25, 0.3) is 0 Å². The highest BCUT2D eigenvalue weighted by atomic mass is 19.1. The molecule has 96 valence electrons. The Balaban J connectivity index is 0.000000686. The number of anilines is 1. The Morgan fingerprint density at radius 2 is 1.94 bits per heavy atom. The highest BCUT2D eigenvalue weighted by molar-refractivity contribution is 5.45. The van der Waals surface area contributed by atoms with E-state index < -0.39 is 0 Å². The van der Waals surface area contributed by atoms with Gasteiger partial charge >= 0.3 is 0 Å². The zero-order valence-electron chi connectivity index (χ0n) is 10.5. The molecule has 1 fully saturated rings. The number of aliphatic hydroxyl groups excluding tert-OH is 1. The van der Waals surface area contributed by atoms with Crippen LogP contribution in [0.2, 0.25) is 0 Å². The summed E-state index contributed by atoms with van der Waals surface area (Å²) < 4.78 is 13.5. The average Bonchev–Trinajstić information content (AvgIpc) is 2.87. The smallest absolute Gasteiger partial charge is 0.127 e. The van der Waals surface area contributed by atoms with Gasteiger partial charge in [-0.15, -0.1) is 0 Å². The lowest BCUT2D eigenvalue weighted by Gasteiger charge is -2.15. The molecule has 4 heteroatoms. The van der Waals surface area contributed by atoms with Crippen molar-refractivity contribution >= 4 is 5.69 Å². The lowest BCUT2D eigenvalue weighted by atomic mass is 10.1. The van der Waals surface area contributed by atoms with Crippen LogP contribution >= 0.6 is 0 Å². The molecule has 0 spiro atoms. The fourth-order valence-electron chi connectivity index (χ4n) is 2.03. The number of likely N-dealkylation sites (tertiary alicyclic amines) is 1. The molecule has 2 N–H and O–H groups in total. The minimum atomic E-state index is -0.0964. The monoisotopic (exact) mass is 240 g/mol. The van der Waals surface area contributed by atoms with Gasteiger partial charge in [0.2, 0.25) is 0 Å². The van der Waals surface area contributed by atoms with Gasteiger partial charge in [0, 0.05) is 32.0 Å². The molecule has 0 bridgehead atoms. The number of hydrogen-bond donors (Lipinski definition) is 2. The average molecular weight is 240 g/mol. The van der Waals surface area contributed by atoms with Crippen molar-refractivity contribution in [2.75, 3.05) is 32.6 Å². The van der Waals surface area contributed by atoms with E-state index in [1.54, 1.807) is 6.07 Å². The minimum Gasteiger partial charge on any atom is -0.400 e. The predicted molar refractivity (Wildman–Crippen MR) is 68.6 cm³/mol. The number of halogens is 1. The van der Waals surface area contributed by atoms with Crippen molar-refractivity contribution in [2.24, 2.45) is 0 Å². The van der Waals surface area contributed by atoms with Gasteiger partial charge in [0.15, 0.2) is 0 Å². The number of hydrogen-bond acceptors (Lipinski definition) is 3. The first-order chi connectivity index (χ1) is 8.29. The summed E-state index contributed by atoms with van der Waals surface area (Å²) in [6.07, 6.45) is 2.49. The molecule has 1 saturated heterocycles. The van der Waals surface area contributed by atoms with Crippen LogP contribution < -0.4 is 5.32 Å². The second-order valence-electron chi connectivity index (χ2n) is 4.04. The Morgan fingerprint density at radius 3 is 2.53 bits per heavy atom. The molecule has 1 aromatic carbocycles. The van der Waals surface area contributed by atoms with E-state index >= 15 is 0 Å². The Hall–Kier alpha value is -1.13. The molecule has 0 amide bonds. The summed E-state index contributed by atoms with van der Waals surface area (Å²) in [6.45, 7) is 2.94. The molecule has 1 aromatic rings. The van der Waals surface area contributed by atoms with Gasteiger partial charge in [-0.25, -0.2) is 4.39 Å². The van der Waals surface area contributed by atoms with E-state index in [-0.39, 0.29) is 5.82 Å². The van der Waals surface area contributed by atoms with E-state index in [1.165, 1.54) is 18.9 Å². The lowest BCUT2D eigenvalue weighted by Crippen LogP contribution is -2.19. The number of nitrogens with one attached hydrogen (secondary N) is 1. The molecular formula is C13H21FN2O. The predicted octanol–water partition coefficient (Wildman–Crippen LogP) is 2.07. The standard InChI is InChI=1S/C12H17FN2.CH4O/c1-14-11-4-5-12(13)10(8-11)9-15-6-2-3-7-15;1-2/h4-5,8,14H,2-3,6-7,9H2,1H3;2H,1H3. The fourth-order valence-corrected chi connectivity index (χ4v) is 2.03. The third-order valence-electron chi connectivity index (χ3n) is 2.93. The molecule has 3 nitrogen and oxygen atoms in total. The molecule has 2 rings (SSSR count). The first-order valence-corrected chi connectivity index (χ1v) is 5.93. The second-order valence-corrected chi connectivity index (χ2v) is 4.04. The third-order valence-corrected chi connectivity index (χ3v) is 2.93. The molecule has 0 aromatic heterocycles. The van der Waals surface area contributed by atoms with Crippen molar-refractivity contribution in [3.05, 3.63) is 29.6 Å². The van der Waals surface area contributed by atoms with Gasteiger partial charge in [-0.2, -0.15) is 0 Å². The van der Waals surface area contributed by atoms with Gasteiger partial charge in [-0.1, -0.05) is 0 Å². The Bertz CT molecular complexity index is 338. The largest absolute Gasteiger partial charge is 0.400 e. The van der Waals surface area contributed by atoms with Crippen LogP contribution in [-0.2, 0) is 6.54 Å². The normalized spacial score (nSPS) is 15.3. The molecule has 1 aliphatic rings. The van der Waals surface area contributed by atoms with Gasteiger partial charge in [0.25, 0.3) is 0 Å². The van der Waals surface area contributed by atoms with E-state index in [0.29, 0.717) is 0 Å². The maximum atomic E-state index is 13.5. The Kier molecular flexibility index (Phi) is 5.94. The SMILES string of the molecule is CNc1ccc(F)c(CN2CCCC2)c1.CO. The van der Waals surface area contributed by atoms with Gasteiger partial charge in [0.1, 0.15) is 5.82 Å². The highest BCUT2D eigenvalue weighted by Gasteiger charge is 2.13. The summed E-state index contributed by atoms with van der Waals surface area (Å²) >= 11 is 0. The third kappa shape index (κ3) is 3.98. The number of benzene rings is 1. The summed E-state index contributed by atoms with van der Waals surface area (Å²) in [7, 11) is 2.85. The van der Waals surface area contributed by atoms with Crippen molar-refractivity contribution in [1.82, 2.24) is 4.90 Å². The summed E-state index contributed by atoms with van der Waals surface area (Å²) in [5.74, 6) is -0.0964. The molecule has 0 radical (unpaired) electrons. The molecular weight excluding hydrogens is 219 g/mol. The molecule has 0 unspecified atom stereocenters. The summed E-state index contributed by atoms with van der Waals surface area (Å²) in [5, 5.41) is 10.0. The molecule has 1 heterocycles. The Labute approximate surface area is 102 Å². The maximum Gasteiger partial charge on any atom is 0.127 e. The van der Waals surface area contributed by atoms with Gasteiger partial charge in [-0.3, -0.25) is 4.90 Å². The summed E-state index contributed by atoms with van der Waals surface area (Å²) in [6, 6.07) is 5.20. The van der Waals surface area contributed by atoms with E-state index in [0.717, 1.165) is 38.0 Å². The van der Waals surface area contributed by atoms with Gasteiger partial charge < -0.3 is 10.4 Å².